The predicted octanol–water partition coefficient (Wildman–Crippen LogP) is 0.833. The number of nitrogens with one attached hydrogen (secondary N) is 1. The molecule has 0 unspecified atom stereocenters. The van der Waals surface area contributed by atoms with Gasteiger partial charge in [-0.05, 0) is 38.3 Å². The molecule has 2 heteroatoms. The van der Waals surface area contributed by atoms with E-state index in [-0.39, 0.29) is 0 Å². The van der Waals surface area contributed by atoms with Crippen molar-refractivity contribution in [3.63, 3.8) is 0 Å². The van der Waals surface area contributed by atoms with E-state index in [4.69, 9.17) is 0 Å². The summed E-state index contributed by atoms with van der Waals surface area (Å²) in [6, 6.07) is 1.88. The van der Waals surface area contributed by atoms with Gasteiger partial charge in [0.15, 0.2) is 0 Å². The number of likely N-dealkylation sites (tertiary alicyclic amines) is 1. The number of nitrogens with zero attached hydrogens (tertiary/aromatic N) is 1. The minimum atomic E-state index is 0.912. The molecule has 12 heavy (non-hydrogen) atoms. The van der Waals surface area contributed by atoms with Gasteiger partial charge in [-0.15, -0.1) is 0 Å². The summed E-state index contributed by atoms with van der Waals surface area (Å²) >= 11 is 0. The lowest BCUT2D eigenvalue weighted by molar-refractivity contribution is 0.114. The summed E-state index contributed by atoms with van der Waals surface area (Å²) in [5.41, 5.74) is 0. The molecular weight excluding hydrogens is 148 g/mol. The van der Waals surface area contributed by atoms with Crippen LogP contribution in [-0.4, -0.2) is 36.6 Å². The first-order valence-corrected chi connectivity index (χ1v) is 5.41. The molecule has 2 heterocycles. The molecule has 1 saturated carbocycles. The van der Waals surface area contributed by atoms with Gasteiger partial charge >= 0.3 is 0 Å². The zero-order valence-electron chi connectivity index (χ0n) is 7.63. The largest absolute Gasteiger partial charge is 0.315 e. The highest BCUT2D eigenvalue weighted by atomic mass is 15.3. The first-order valence-electron chi connectivity index (χ1n) is 5.41. The lowest BCUT2D eigenvalue weighted by Crippen LogP contribution is -2.45. The fourth-order valence-electron chi connectivity index (χ4n) is 3.05. The van der Waals surface area contributed by atoms with E-state index in [1.54, 1.807) is 0 Å². The molecule has 2 atom stereocenters. The van der Waals surface area contributed by atoms with Crippen molar-refractivity contribution in [2.24, 2.45) is 5.92 Å². The van der Waals surface area contributed by atoms with Crippen LogP contribution in [0, 0.1) is 5.92 Å². The molecule has 0 aromatic rings. The molecule has 2 aliphatic heterocycles. The van der Waals surface area contributed by atoms with Crippen LogP contribution in [0.1, 0.15) is 25.7 Å². The predicted molar refractivity (Wildman–Crippen MR) is 49.1 cm³/mol. The number of fused-ring (bicyclic) bond motifs is 1. The smallest absolute Gasteiger partial charge is 0.0264 e. The Morgan fingerprint density at radius 2 is 2.00 bits per heavy atom. The Bertz CT molecular complexity index is 177. The molecule has 2 nitrogen and oxygen atoms in total. The summed E-state index contributed by atoms with van der Waals surface area (Å²) in [4.78, 5) is 2.79. The van der Waals surface area contributed by atoms with Crippen molar-refractivity contribution in [3.05, 3.63) is 0 Å². The SMILES string of the molecule is C1CC(N2CC[C@H]3CNC[C@H]32)C1. The maximum Gasteiger partial charge on any atom is 0.0264 e. The van der Waals surface area contributed by atoms with E-state index in [0.29, 0.717) is 0 Å². The molecular formula is C10H18N2. The molecule has 0 aromatic heterocycles. The van der Waals surface area contributed by atoms with Crippen molar-refractivity contribution in [1.29, 1.82) is 0 Å². The summed E-state index contributed by atoms with van der Waals surface area (Å²) < 4.78 is 0. The van der Waals surface area contributed by atoms with Crippen molar-refractivity contribution in [2.75, 3.05) is 19.6 Å². The average molecular weight is 166 g/mol. The van der Waals surface area contributed by atoms with Crippen LogP contribution in [0.15, 0.2) is 0 Å². The van der Waals surface area contributed by atoms with E-state index in [1.165, 1.54) is 45.3 Å². The Morgan fingerprint density at radius 3 is 2.75 bits per heavy atom. The van der Waals surface area contributed by atoms with Crippen molar-refractivity contribution >= 4 is 0 Å². The van der Waals surface area contributed by atoms with Crippen molar-refractivity contribution in [2.45, 2.75) is 37.8 Å². The molecule has 1 N–H and O–H groups in total. The third-order valence-corrected chi connectivity index (χ3v) is 4.03. The molecule has 2 saturated heterocycles. The monoisotopic (exact) mass is 166 g/mol. The molecule has 0 aromatic carbocycles. The van der Waals surface area contributed by atoms with Gasteiger partial charge in [0.25, 0.3) is 0 Å². The van der Waals surface area contributed by atoms with Gasteiger partial charge < -0.3 is 5.32 Å². The maximum absolute atomic E-state index is 3.52. The van der Waals surface area contributed by atoms with Crippen LogP contribution < -0.4 is 5.32 Å². The van der Waals surface area contributed by atoms with Crippen LogP contribution in [0.4, 0.5) is 0 Å². The second-order valence-electron chi connectivity index (χ2n) is 4.60. The summed E-state index contributed by atoms with van der Waals surface area (Å²) in [7, 11) is 0. The first kappa shape index (κ1) is 7.34. The van der Waals surface area contributed by atoms with E-state index < -0.39 is 0 Å². The Balaban J connectivity index is 1.70. The van der Waals surface area contributed by atoms with Gasteiger partial charge in [0, 0.05) is 18.6 Å². The molecule has 0 amide bonds. The van der Waals surface area contributed by atoms with Crippen LogP contribution >= 0.6 is 0 Å². The van der Waals surface area contributed by atoms with E-state index in [1.807, 2.05) is 0 Å². The van der Waals surface area contributed by atoms with E-state index in [0.717, 1.165) is 18.0 Å². The molecule has 68 valence electrons. The van der Waals surface area contributed by atoms with Crippen LogP contribution in [0.3, 0.4) is 0 Å². The highest BCUT2D eigenvalue weighted by Crippen LogP contribution is 2.35. The Kier molecular flexibility index (Phi) is 1.66. The molecule has 0 bridgehead atoms. The van der Waals surface area contributed by atoms with E-state index in [2.05, 4.69) is 10.2 Å². The number of hydrogen-bond acceptors (Lipinski definition) is 2. The normalized spacial score (nSPS) is 43.0. The van der Waals surface area contributed by atoms with Crippen LogP contribution in [0.25, 0.3) is 0 Å². The van der Waals surface area contributed by atoms with Crippen molar-refractivity contribution in [3.8, 4) is 0 Å². The molecule has 0 radical (unpaired) electrons. The summed E-state index contributed by atoms with van der Waals surface area (Å²) in [5, 5.41) is 3.52. The lowest BCUT2D eigenvalue weighted by Gasteiger charge is -2.38. The zero-order chi connectivity index (χ0) is 7.97. The highest BCUT2D eigenvalue weighted by molar-refractivity contribution is 4.98. The minimum Gasteiger partial charge on any atom is -0.315 e. The van der Waals surface area contributed by atoms with Crippen molar-refractivity contribution < 1.29 is 0 Å². The van der Waals surface area contributed by atoms with Crippen LogP contribution in [0.2, 0.25) is 0 Å². The van der Waals surface area contributed by atoms with Gasteiger partial charge in [-0.25, -0.2) is 0 Å². The second-order valence-corrected chi connectivity index (χ2v) is 4.60. The fourth-order valence-corrected chi connectivity index (χ4v) is 3.05. The highest BCUT2D eigenvalue weighted by Gasteiger charge is 2.41. The number of hydrogen-bond donors (Lipinski definition) is 1. The van der Waals surface area contributed by atoms with Gasteiger partial charge in [0.1, 0.15) is 0 Å². The Morgan fingerprint density at radius 1 is 1.08 bits per heavy atom. The number of rotatable bonds is 1. The minimum absolute atomic E-state index is 0.912. The zero-order valence-corrected chi connectivity index (χ0v) is 7.63. The molecule has 3 aliphatic rings. The summed E-state index contributed by atoms with van der Waals surface area (Å²) in [5.74, 6) is 0.991. The third kappa shape index (κ3) is 0.944. The lowest BCUT2D eigenvalue weighted by atomic mass is 9.90. The fraction of sp³-hybridized carbons (Fsp3) is 1.00. The third-order valence-electron chi connectivity index (χ3n) is 4.03. The van der Waals surface area contributed by atoms with E-state index >= 15 is 0 Å². The second kappa shape index (κ2) is 2.71. The van der Waals surface area contributed by atoms with Crippen LogP contribution in [0.5, 0.6) is 0 Å². The first-order chi connectivity index (χ1) is 5.95. The molecule has 3 rings (SSSR count). The van der Waals surface area contributed by atoms with Gasteiger partial charge in [-0.2, -0.15) is 0 Å². The Labute approximate surface area is 74.3 Å². The topological polar surface area (TPSA) is 15.3 Å². The van der Waals surface area contributed by atoms with Gasteiger partial charge in [0.2, 0.25) is 0 Å². The molecule has 3 fully saturated rings. The van der Waals surface area contributed by atoms with Gasteiger partial charge in [-0.3, -0.25) is 4.90 Å². The quantitative estimate of drug-likeness (QED) is 0.621. The standard InChI is InChI=1S/C10H18N2/c1-2-9(3-1)12-5-4-8-6-11-7-10(8)12/h8-11H,1-7H2/t8-,10+/m0/s1. The van der Waals surface area contributed by atoms with Crippen molar-refractivity contribution in [1.82, 2.24) is 10.2 Å². The molecule has 1 aliphatic carbocycles. The van der Waals surface area contributed by atoms with E-state index in [9.17, 15) is 0 Å². The average Bonchev–Trinajstić information content (AvgIpc) is 2.48. The Hall–Kier alpha value is -0.0800. The maximum atomic E-state index is 3.52. The van der Waals surface area contributed by atoms with Gasteiger partial charge in [-0.1, -0.05) is 6.42 Å². The van der Waals surface area contributed by atoms with Crippen LogP contribution in [-0.2, 0) is 0 Å². The summed E-state index contributed by atoms with van der Waals surface area (Å²) in [6.07, 6.45) is 5.88. The van der Waals surface area contributed by atoms with Gasteiger partial charge in [0.05, 0.1) is 0 Å². The summed E-state index contributed by atoms with van der Waals surface area (Å²) in [6.45, 7) is 3.94. The molecule has 0 spiro atoms.